The molecule has 4 heteroatoms. The minimum atomic E-state index is 0. The van der Waals surface area contributed by atoms with Crippen molar-refractivity contribution in [3.8, 4) is 0 Å². The molecular weight excluding hydrogens is 172 g/mol. The van der Waals surface area contributed by atoms with E-state index in [2.05, 4.69) is 28.4 Å². The van der Waals surface area contributed by atoms with E-state index in [0.29, 0.717) is 0 Å². The Morgan fingerprint density at radius 3 is 0.750 bits per heavy atom. The maximum atomic E-state index is 2.50. The SMILES string of the molecule is [LiH].[LiH].[Se][Se]. The Balaban J connectivity index is -0.00000000500. The van der Waals surface area contributed by atoms with Crippen molar-refractivity contribution in [1.82, 2.24) is 0 Å². The van der Waals surface area contributed by atoms with E-state index in [1.807, 2.05) is 0 Å². The molecule has 0 aromatic carbocycles. The molecule has 2 radical (unpaired) electrons. The van der Waals surface area contributed by atoms with Gasteiger partial charge in [-0.05, 0) is 0 Å². The molecule has 0 fully saturated rings. The zero-order valence-electron chi connectivity index (χ0n) is 0.816. The molecule has 0 spiro atoms. The van der Waals surface area contributed by atoms with E-state index in [4.69, 9.17) is 0 Å². The summed E-state index contributed by atoms with van der Waals surface area (Å²) in [5.41, 5.74) is 0. The zero-order chi connectivity index (χ0) is 2.00. The molecule has 4 heavy (non-hydrogen) atoms. The molecule has 0 aromatic heterocycles. The fourth-order valence-electron chi connectivity index (χ4n) is 0. The summed E-state index contributed by atoms with van der Waals surface area (Å²) in [6.45, 7) is 0. The minimum absolute atomic E-state index is 0. The van der Waals surface area contributed by atoms with Crippen LogP contribution in [-0.4, -0.2) is 66.1 Å². The van der Waals surface area contributed by atoms with E-state index >= 15 is 0 Å². The first-order valence-corrected chi connectivity index (χ1v) is 4.50. The normalized spacial score (nSPS) is 1.50. The quantitative estimate of drug-likeness (QED) is 0.370. The fraction of sp³-hybridized carbons (Fsp3) is 0. The molecule has 0 atom stereocenters. The van der Waals surface area contributed by atoms with Crippen LogP contribution in [0.3, 0.4) is 0 Å². The van der Waals surface area contributed by atoms with E-state index < -0.39 is 0 Å². The standard InChI is InChI=1S/2Li.Se2.2H/c;;1-2;;. The monoisotopic (exact) mass is 176 g/mol. The molecule has 0 aliphatic heterocycles. The summed E-state index contributed by atoms with van der Waals surface area (Å²) in [5.74, 6) is 0. The Kier molecular flexibility index (Phi) is 76.8. The summed E-state index contributed by atoms with van der Waals surface area (Å²) < 4.78 is 0. The van der Waals surface area contributed by atoms with Crippen LogP contribution in [0.1, 0.15) is 0 Å². The summed E-state index contributed by atoms with van der Waals surface area (Å²) in [7, 11) is 0. The fourth-order valence-corrected chi connectivity index (χ4v) is 0. The molecule has 0 aromatic rings. The molecule has 0 aliphatic carbocycles. The van der Waals surface area contributed by atoms with Gasteiger partial charge in [0.1, 0.15) is 0 Å². The van der Waals surface area contributed by atoms with Crippen LogP contribution in [0.2, 0.25) is 0 Å². The van der Waals surface area contributed by atoms with Gasteiger partial charge >= 0.3 is 66.1 Å². The third-order valence-corrected chi connectivity index (χ3v) is 0. The van der Waals surface area contributed by atoms with Gasteiger partial charge in [-0.2, -0.15) is 0 Å². The average molecular weight is 174 g/mol. The Labute approximate surface area is 65.4 Å². The van der Waals surface area contributed by atoms with E-state index in [1.165, 1.54) is 0 Å². The second kappa shape index (κ2) is 18.8. The first-order valence-electron chi connectivity index (χ1n) is 0.167. The Morgan fingerprint density at radius 2 is 0.750 bits per heavy atom. The van der Waals surface area contributed by atoms with Crippen molar-refractivity contribution in [3.05, 3.63) is 0 Å². The second-order valence-corrected chi connectivity index (χ2v) is 0. The van der Waals surface area contributed by atoms with Crippen molar-refractivity contribution >= 4 is 66.1 Å². The molecule has 0 bridgehead atoms. The molecule has 0 unspecified atom stereocenters. The van der Waals surface area contributed by atoms with Gasteiger partial charge in [0, 0.05) is 0 Å². The molecule has 16 valence electrons. The van der Waals surface area contributed by atoms with E-state index in [-0.39, 0.29) is 37.7 Å². The Bertz CT molecular complexity index is 4.00. The molecule has 0 rings (SSSR count). The molecular formula is H2Li2Se2. The van der Waals surface area contributed by atoms with Crippen molar-refractivity contribution in [1.29, 1.82) is 0 Å². The van der Waals surface area contributed by atoms with Crippen LogP contribution in [-0.2, 0) is 0 Å². The summed E-state index contributed by atoms with van der Waals surface area (Å²) in [6, 6.07) is 0. The number of hydrogen-bond acceptors (Lipinski definition) is 0. The van der Waals surface area contributed by atoms with Gasteiger partial charge in [-0.3, -0.25) is 0 Å². The summed E-state index contributed by atoms with van der Waals surface area (Å²) >= 11 is 5.00. The maximum absolute atomic E-state index is 2.50. The van der Waals surface area contributed by atoms with E-state index in [1.54, 1.807) is 0 Å². The van der Waals surface area contributed by atoms with Gasteiger partial charge < -0.3 is 0 Å². The number of rotatable bonds is 0. The van der Waals surface area contributed by atoms with Crippen LogP contribution in [0.25, 0.3) is 0 Å². The van der Waals surface area contributed by atoms with Crippen LogP contribution in [0.4, 0.5) is 0 Å². The Hall–Kier alpha value is 2.23. The van der Waals surface area contributed by atoms with Crippen LogP contribution in [0.5, 0.6) is 0 Å². The molecule has 0 N–H and O–H groups in total. The van der Waals surface area contributed by atoms with Gasteiger partial charge in [-0.25, -0.2) is 0 Å². The predicted molar refractivity (Wildman–Crippen MR) is 25.8 cm³/mol. The summed E-state index contributed by atoms with van der Waals surface area (Å²) in [6.07, 6.45) is 0. The van der Waals surface area contributed by atoms with Crippen molar-refractivity contribution in [2.75, 3.05) is 0 Å². The van der Waals surface area contributed by atoms with Crippen molar-refractivity contribution in [2.24, 2.45) is 0 Å². The first-order chi connectivity index (χ1) is 1.00. The second-order valence-electron chi connectivity index (χ2n) is 0. The number of hydrogen-bond donors (Lipinski definition) is 0. The third kappa shape index (κ3) is 8.87. The van der Waals surface area contributed by atoms with Crippen molar-refractivity contribution < 1.29 is 0 Å². The molecule has 0 aliphatic rings. The van der Waals surface area contributed by atoms with Crippen molar-refractivity contribution in [2.45, 2.75) is 0 Å². The van der Waals surface area contributed by atoms with Gasteiger partial charge in [-0.1, -0.05) is 0 Å². The molecule has 0 nitrogen and oxygen atoms in total. The van der Waals surface area contributed by atoms with Gasteiger partial charge in [0.25, 0.3) is 0 Å². The summed E-state index contributed by atoms with van der Waals surface area (Å²) in [4.78, 5) is 0. The molecule has 0 saturated heterocycles. The van der Waals surface area contributed by atoms with Gasteiger partial charge in [0.15, 0.2) is 0 Å². The van der Waals surface area contributed by atoms with Gasteiger partial charge in [-0.15, -0.1) is 0 Å². The van der Waals surface area contributed by atoms with Gasteiger partial charge in [0.2, 0.25) is 0 Å². The summed E-state index contributed by atoms with van der Waals surface area (Å²) in [5, 5.41) is 0. The van der Waals surface area contributed by atoms with Crippen LogP contribution < -0.4 is 0 Å². The zero-order valence-corrected chi connectivity index (χ0v) is 4.24. The van der Waals surface area contributed by atoms with Crippen LogP contribution >= 0.6 is 0 Å². The predicted octanol–water partition coefficient (Wildman–Crippen LogP) is -2.06. The van der Waals surface area contributed by atoms with Crippen molar-refractivity contribution in [3.63, 3.8) is 0 Å². The topological polar surface area (TPSA) is 0 Å². The molecule has 0 heterocycles. The third-order valence-electron chi connectivity index (χ3n) is 0. The first kappa shape index (κ1) is 16.3. The van der Waals surface area contributed by atoms with Gasteiger partial charge in [0.05, 0.1) is 0 Å². The van der Waals surface area contributed by atoms with E-state index in [0.717, 1.165) is 0 Å². The Morgan fingerprint density at radius 1 is 0.750 bits per heavy atom. The van der Waals surface area contributed by atoms with E-state index in [9.17, 15) is 0 Å². The molecule has 0 saturated carbocycles. The average Bonchev–Trinajstić information content (AvgIpc) is 1.00. The van der Waals surface area contributed by atoms with Crippen LogP contribution in [0.15, 0.2) is 0 Å². The van der Waals surface area contributed by atoms with Crippen LogP contribution in [0, 0.1) is 0 Å². The molecule has 0 amide bonds.